The topological polar surface area (TPSA) is 36.9 Å². The predicted octanol–water partition coefficient (Wildman–Crippen LogP) is 5.07. The van der Waals surface area contributed by atoms with Crippen LogP contribution in [0.5, 0.6) is 0 Å². The highest BCUT2D eigenvalue weighted by molar-refractivity contribution is 14.0. The molecule has 1 aromatic carbocycles. The van der Waals surface area contributed by atoms with Gasteiger partial charge in [0.1, 0.15) is 0 Å². The minimum Gasteiger partial charge on any atom is -0.378 e. The van der Waals surface area contributed by atoms with Crippen molar-refractivity contribution in [1.29, 1.82) is 0 Å². The van der Waals surface area contributed by atoms with E-state index in [2.05, 4.69) is 10.2 Å². The number of nitrogens with one attached hydrogen (secondary N) is 1. The summed E-state index contributed by atoms with van der Waals surface area (Å²) in [5, 5.41) is 3.31. The summed E-state index contributed by atoms with van der Waals surface area (Å²) < 4.78 is 44.8. The number of hydrogen-bond donors (Lipinski definition) is 1. The van der Waals surface area contributed by atoms with E-state index in [-0.39, 0.29) is 24.0 Å². The molecule has 1 aliphatic rings. The van der Waals surface area contributed by atoms with Gasteiger partial charge in [-0.05, 0) is 38.3 Å². The van der Waals surface area contributed by atoms with Gasteiger partial charge in [0.15, 0.2) is 5.96 Å². The monoisotopic (exact) mass is 527 g/mol. The van der Waals surface area contributed by atoms with Crippen LogP contribution in [-0.2, 0) is 16.3 Å². The third-order valence-electron chi connectivity index (χ3n) is 5.07. The average Bonchev–Trinajstić information content (AvgIpc) is 2.65. The standard InChI is InChI=1S/C21H32F3N3O.HI/c1-5-25-19(27-12-10-18(11-13-27)28-6-2)26-15-20(3,4)16-8-7-9-17(14-16)21(22,23)24;/h7-9,14,18H,5-6,10-13,15H2,1-4H3,(H,25,26);1H. The molecule has 29 heavy (non-hydrogen) atoms. The molecule has 0 spiro atoms. The van der Waals surface area contributed by atoms with Crippen molar-refractivity contribution in [2.45, 2.75) is 58.2 Å². The van der Waals surface area contributed by atoms with Gasteiger partial charge in [-0.1, -0.05) is 32.0 Å². The molecule has 0 atom stereocenters. The Morgan fingerprint density at radius 3 is 2.34 bits per heavy atom. The Kier molecular flexibility index (Phi) is 10.2. The number of aliphatic imine (C=N–C) groups is 1. The molecule has 1 N–H and O–H groups in total. The fourth-order valence-corrected chi connectivity index (χ4v) is 3.38. The lowest BCUT2D eigenvalue weighted by Crippen LogP contribution is -2.47. The molecule has 1 heterocycles. The first-order chi connectivity index (χ1) is 13.2. The number of rotatable bonds is 6. The molecule has 1 saturated heterocycles. The van der Waals surface area contributed by atoms with Crippen molar-refractivity contribution in [3.05, 3.63) is 35.4 Å². The molecule has 1 aliphatic heterocycles. The van der Waals surface area contributed by atoms with Crippen molar-refractivity contribution in [2.75, 3.05) is 32.8 Å². The fraction of sp³-hybridized carbons (Fsp3) is 0.667. The van der Waals surface area contributed by atoms with Gasteiger partial charge in [0, 0.05) is 31.7 Å². The Labute approximate surface area is 189 Å². The molecule has 2 rings (SSSR count). The van der Waals surface area contributed by atoms with Gasteiger partial charge < -0.3 is 15.0 Å². The number of piperidine rings is 1. The van der Waals surface area contributed by atoms with Crippen molar-refractivity contribution < 1.29 is 17.9 Å². The molecular formula is C21H33F3IN3O. The van der Waals surface area contributed by atoms with E-state index in [1.165, 1.54) is 12.1 Å². The predicted molar refractivity (Wildman–Crippen MR) is 122 cm³/mol. The largest absolute Gasteiger partial charge is 0.416 e. The third kappa shape index (κ3) is 7.62. The summed E-state index contributed by atoms with van der Waals surface area (Å²) >= 11 is 0. The molecule has 8 heteroatoms. The highest BCUT2D eigenvalue weighted by atomic mass is 127. The van der Waals surface area contributed by atoms with Gasteiger partial charge in [-0.15, -0.1) is 24.0 Å². The van der Waals surface area contributed by atoms with E-state index in [0.717, 1.165) is 51.1 Å². The summed E-state index contributed by atoms with van der Waals surface area (Å²) in [6.07, 6.45) is -2.13. The zero-order valence-corrected chi connectivity index (χ0v) is 20.0. The molecule has 0 bridgehead atoms. The van der Waals surface area contributed by atoms with E-state index in [1.54, 1.807) is 6.07 Å². The molecule has 0 unspecified atom stereocenters. The van der Waals surface area contributed by atoms with Crippen LogP contribution in [-0.4, -0.2) is 49.7 Å². The molecular weight excluding hydrogens is 494 g/mol. The molecule has 0 aliphatic carbocycles. The molecule has 4 nitrogen and oxygen atoms in total. The zero-order valence-electron chi connectivity index (χ0n) is 17.7. The van der Waals surface area contributed by atoms with E-state index >= 15 is 0 Å². The molecule has 0 amide bonds. The zero-order chi connectivity index (χ0) is 20.8. The molecule has 166 valence electrons. The van der Waals surface area contributed by atoms with Crippen LogP contribution in [0.15, 0.2) is 29.3 Å². The van der Waals surface area contributed by atoms with Crippen LogP contribution in [0, 0.1) is 0 Å². The van der Waals surface area contributed by atoms with Gasteiger partial charge >= 0.3 is 6.18 Å². The van der Waals surface area contributed by atoms with Crippen LogP contribution in [0.2, 0.25) is 0 Å². The van der Waals surface area contributed by atoms with Crippen molar-refractivity contribution >= 4 is 29.9 Å². The van der Waals surface area contributed by atoms with Gasteiger partial charge in [0.2, 0.25) is 0 Å². The first-order valence-corrected chi connectivity index (χ1v) is 10.00. The van der Waals surface area contributed by atoms with E-state index in [4.69, 9.17) is 9.73 Å². The number of halogens is 4. The first kappa shape index (κ1) is 26.0. The maximum atomic E-state index is 13.0. The molecule has 0 saturated carbocycles. The maximum absolute atomic E-state index is 13.0. The molecule has 1 fully saturated rings. The van der Waals surface area contributed by atoms with Crippen molar-refractivity contribution in [2.24, 2.45) is 4.99 Å². The summed E-state index contributed by atoms with van der Waals surface area (Å²) in [4.78, 5) is 6.97. The molecule has 0 radical (unpaired) electrons. The van der Waals surface area contributed by atoms with Gasteiger partial charge in [-0.2, -0.15) is 13.2 Å². The van der Waals surface area contributed by atoms with Crippen molar-refractivity contribution in [3.8, 4) is 0 Å². The average molecular weight is 527 g/mol. The highest BCUT2D eigenvalue weighted by Crippen LogP contribution is 2.33. The van der Waals surface area contributed by atoms with Crippen LogP contribution in [0.4, 0.5) is 13.2 Å². The minimum absolute atomic E-state index is 0. The second-order valence-corrected chi connectivity index (χ2v) is 7.77. The van der Waals surface area contributed by atoms with E-state index in [1.807, 2.05) is 27.7 Å². The third-order valence-corrected chi connectivity index (χ3v) is 5.07. The molecule has 1 aromatic rings. The maximum Gasteiger partial charge on any atom is 0.416 e. The number of benzene rings is 1. The SMILES string of the molecule is CCNC(=NCC(C)(C)c1cccc(C(F)(F)F)c1)N1CCC(OCC)CC1.I. The second kappa shape index (κ2) is 11.4. The molecule has 0 aromatic heterocycles. The first-order valence-electron chi connectivity index (χ1n) is 10.00. The Bertz CT molecular complexity index is 657. The fourth-order valence-electron chi connectivity index (χ4n) is 3.38. The highest BCUT2D eigenvalue weighted by Gasteiger charge is 2.32. The van der Waals surface area contributed by atoms with Crippen molar-refractivity contribution in [1.82, 2.24) is 10.2 Å². The van der Waals surface area contributed by atoms with Crippen LogP contribution >= 0.6 is 24.0 Å². The van der Waals surface area contributed by atoms with E-state index < -0.39 is 17.2 Å². The van der Waals surface area contributed by atoms with E-state index in [9.17, 15) is 13.2 Å². The normalized spacial score (nSPS) is 16.5. The smallest absolute Gasteiger partial charge is 0.378 e. The Hall–Kier alpha value is -1.03. The van der Waals surface area contributed by atoms with Crippen LogP contribution in [0.3, 0.4) is 0 Å². The second-order valence-electron chi connectivity index (χ2n) is 7.77. The Morgan fingerprint density at radius 2 is 1.79 bits per heavy atom. The summed E-state index contributed by atoms with van der Waals surface area (Å²) in [6, 6.07) is 5.55. The number of likely N-dealkylation sites (tertiary alicyclic amines) is 1. The number of guanidine groups is 1. The minimum atomic E-state index is -4.34. The lowest BCUT2D eigenvalue weighted by molar-refractivity contribution is -0.137. The van der Waals surface area contributed by atoms with E-state index in [0.29, 0.717) is 18.2 Å². The van der Waals surface area contributed by atoms with Crippen molar-refractivity contribution in [3.63, 3.8) is 0 Å². The number of alkyl halides is 3. The van der Waals surface area contributed by atoms with Gasteiger partial charge in [0.25, 0.3) is 0 Å². The lowest BCUT2D eigenvalue weighted by atomic mass is 9.84. The van der Waals surface area contributed by atoms with Crippen LogP contribution < -0.4 is 5.32 Å². The summed E-state index contributed by atoms with van der Waals surface area (Å²) in [7, 11) is 0. The van der Waals surface area contributed by atoms with Gasteiger partial charge in [0.05, 0.1) is 18.2 Å². The summed E-state index contributed by atoms with van der Waals surface area (Å²) in [5.41, 5.74) is -0.491. The summed E-state index contributed by atoms with van der Waals surface area (Å²) in [5.74, 6) is 0.817. The Morgan fingerprint density at radius 1 is 1.17 bits per heavy atom. The lowest BCUT2D eigenvalue weighted by Gasteiger charge is -2.34. The van der Waals surface area contributed by atoms with Gasteiger partial charge in [-0.25, -0.2) is 0 Å². The quantitative estimate of drug-likeness (QED) is 0.319. The number of nitrogens with zero attached hydrogens (tertiary/aromatic N) is 2. The van der Waals surface area contributed by atoms with Crippen LogP contribution in [0.1, 0.15) is 51.7 Å². The summed E-state index contributed by atoms with van der Waals surface area (Å²) in [6.45, 7) is 11.5. The van der Waals surface area contributed by atoms with Crippen LogP contribution in [0.25, 0.3) is 0 Å². The Balaban J connectivity index is 0.00000420. The number of ether oxygens (including phenoxy) is 1. The number of hydrogen-bond acceptors (Lipinski definition) is 2. The van der Waals surface area contributed by atoms with Gasteiger partial charge in [-0.3, -0.25) is 4.99 Å².